The number of hydrogen-bond acceptors (Lipinski definition) is 4. The van der Waals surface area contributed by atoms with Crippen LogP contribution in [-0.2, 0) is 9.59 Å². The highest BCUT2D eigenvalue weighted by Gasteiger charge is 2.25. The van der Waals surface area contributed by atoms with Gasteiger partial charge in [-0.2, -0.15) is 0 Å². The number of anilines is 2. The smallest absolute Gasteiger partial charge is 0.262 e. The molecule has 2 amide bonds. The summed E-state index contributed by atoms with van der Waals surface area (Å²) in [5.74, 6) is 0.405. The molecule has 3 rings (SSSR count). The van der Waals surface area contributed by atoms with Gasteiger partial charge in [-0.25, -0.2) is 0 Å². The van der Waals surface area contributed by atoms with Crippen molar-refractivity contribution in [3.8, 4) is 5.75 Å². The first kappa shape index (κ1) is 22.2. The second-order valence-electron chi connectivity index (χ2n) is 7.39. The fraction of sp³-hybridized carbons (Fsp3) is 0.364. The Morgan fingerprint density at radius 2 is 1.70 bits per heavy atom. The van der Waals surface area contributed by atoms with Crippen LogP contribution in [0.3, 0.4) is 0 Å². The minimum absolute atomic E-state index is 0.0210. The zero-order valence-electron chi connectivity index (χ0n) is 17.0. The van der Waals surface area contributed by atoms with Crippen LogP contribution in [0.2, 0.25) is 10.0 Å². The molecule has 0 radical (unpaired) electrons. The largest absolute Gasteiger partial charge is 0.484 e. The van der Waals surface area contributed by atoms with Gasteiger partial charge in [0.2, 0.25) is 5.91 Å². The van der Waals surface area contributed by atoms with E-state index in [4.69, 9.17) is 27.9 Å². The molecule has 0 atom stereocenters. The summed E-state index contributed by atoms with van der Waals surface area (Å²) in [6.07, 6.45) is 0. The number of carbonyl (C=O) groups excluding carboxylic acids is 2. The molecule has 0 aliphatic carbocycles. The van der Waals surface area contributed by atoms with E-state index < -0.39 is 0 Å². The summed E-state index contributed by atoms with van der Waals surface area (Å²) in [6.45, 7) is 6.21. The number of piperazine rings is 1. The zero-order chi connectivity index (χ0) is 21.7. The van der Waals surface area contributed by atoms with Crippen molar-refractivity contribution in [1.82, 2.24) is 4.90 Å². The van der Waals surface area contributed by atoms with Crippen molar-refractivity contribution in [2.45, 2.75) is 13.8 Å². The number of nitrogens with one attached hydrogen (secondary N) is 1. The number of para-hydroxylation sites is 1. The summed E-state index contributed by atoms with van der Waals surface area (Å²) >= 11 is 12.3. The predicted molar refractivity (Wildman–Crippen MR) is 121 cm³/mol. The normalized spacial score (nSPS) is 14.0. The average Bonchev–Trinajstić information content (AvgIpc) is 2.73. The van der Waals surface area contributed by atoms with Gasteiger partial charge in [0.1, 0.15) is 5.75 Å². The Kier molecular flexibility index (Phi) is 7.45. The Bertz CT molecular complexity index is 895. The number of benzene rings is 2. The molecule has 30 heavy (non-hydrogen) atoms. The molecule has 1 N–H and O–H groups in total. The molecule has 1 fully saturated rings. The molecule has 0 bridgehead atoms. The average molecular weight is 450 g/mol. The van der Waals surface area contributed by atoms with Gasteiger partial charge in [-0.1, -0.05) is 43.1 Å². The van der Waals surface area contributed by atoms with E-state index in [1.807, 2.05) is 24.8 Å². The molecular weight excluding hydrogens is 425 g/mol. The molecule has 1 saturated heterocycles. The van der Waals surface area contributed by atoms with Gasteiger partial charge in [0.05, 0.1) is 16.4 Å². The number of halogens is 2. The summed E-state index contributed by atoms with van der Waals surface area (Å²) in [7, 11) is 0. The lowest BCUT2D eigenvalue weighted by atomic mass is 10.1. The van der Waals surface area contributed by atoms with Crippen LogP contribution in [0.4, 0.5) is 11.4 Å². The first-order valence-electron chi connectivity index (χ1n) is 9.85. The summed E-state index contributed by atoms with van der Waals surface area (Å²) in [5, 5.41) is 4.04. The van der Waals surface area contributed by atoms with Gasteiger partial charge in [0.15, 0.2) is 6.61 Å². The van der Waals surface area contributed by atoms with Crippen molar-refractivity contribution < 1.29 is 14.3 Å². The van der Waals surface area contributed by atoms with Crippen LogP contribution in [0, 0.1) is 5.92 Å². The quantitative estimate of drug-likeness (QED) is 0.713. The van der Waals surface area contributed by atoms with Crippen molar-refractivity contribution in [2.24, 2.45) is 5.92 Å². The van der Waals surface area contributed by atoms with E-state index in [1.165, 1.54) is 0 Å². The highest BCUT2D eigenvalue weighted by atomic mass is 35.5. The van der Waals surface area contributed by atoms with Gasteiger partial charge in [0.25, 0.3) is 5.91 Å². The number of nitrogens with zero attached hydrogens (tertiary/aromatic N) is 2. The van der Waals surface area contributed by atoms with Crippen LogP contribution in [-0.4, -0.2) is 49.5 Å². The van der Waals surface area contributed by atoms with Crippen molar-refractivity contribution in [3.05, 3.63) is 52.5 Å². The van der Waals surface area contributed by atoms with Crippen molar-refractivity contribution in [3.63, 3.8) is 0 Å². The second-order valence-corrected chi connectivity index (χ2v) is 8.24. The first-order chi connectivity index (χ1) is 14.3. The highest BCUT2D eigenvalue weighted by molar-refractivity contribution is 6.34. The van der Waals surface area contributed by atoms with E-state index in [1.54, 1.807) is 36.4 Å². The summed E-state index contributed by atoms with van der Waals surface area (Å²) in [6, 6.07) is 12.2. The summed E-state index contributed by atoms with van der Waals surface area (Å²) < 4.78 is 5.51. The highest BCUT2D eigenvalue weighted by Crippen LogP contribution is 2.34. The molecule has 0 spiro atoms. The predicted octanol–water partition coefficient (Wildman–Crippen LogP) is 4.32. The molecule has 0 saturated carbocycles. The van der Waals surface area contributed by atoms with Crippen LogP contribution < -0.4 is 15.0 Å². The number of rotatable bonds is 6. The van der Waals surface area contributed by atoms with E-state index in [0.29, 0.717) is 47.7 Å². The summed E-state index contributed by atoms with van der Waals surface area (Å²) in [5.41, 5.74) is 1.38. The number of ether oxygens (including phenoxy) is 1. The topological polar surface area (TPSA) is 61.9 Å². The maximum atomic E-state index is 12.4. The standard InChI is InChI=1S/C22H25Cl2N3O3/c1-15(2)22(29)27-12-10-26(11-13-27)21-18(24)4-3-5-19(21)25-20(28)14-30-17-8-6-16(23)7-9-17/h3-9,15H,10-14H2,1-2H3,(H,25,28). The maximum Gasteiger partial charge on any atom is 0.262 e. The molecule has 160 valence electrons. The van der Waals surface area contributed by atoms with Gasteiger partial charge in [0, 0.05) is 37.1 Å². The minimum atomic E-state index is -0.290. The zero-order valence-corrected chi connectivity index (χ0v) is 18.5. The molecule has 6 nitrogen and oxygen atoms in total. The molecule has 1 aliphatic rings. The third kappa shape index (κ3) is 5.58. The first-order valence-corrected chi connectivity index (χ1v) is 10.6. The van der Waals surface area contributed by atoms with Crippen molar-refractivity contribution in [1.29, 1.82) is 0 Å². The van der Waals surface area contributed by atoms with Crippen molar-refractivity contribution >= 4 is 46.4 Å². The van der Waals surface area contributed by atoms with Crippen molar-refractivity contribution in [2.75, 3.05) is 43.0 Å². The second kappa shape index (κ2) is 10.0. The van der Waals surface area contributed by atoms with Gasteiger partial charge < -0.3 is 19.9 Å². The van der Waals surface area contributed by atoms with Crippen LogP contribution in [0.1, 0.15) is 13.8 Å². The molecular formula is C22H25Cl2N3O3. The van der Waals surface area contributed by atoms with E-state index in [9.17, 15) is 9.59 Å². The van der Waals surface area contributed by atoms with Crippen LogP contribution >= 0.6 is 23.2 Å². The Labute approximate surface area is 186 Å². The van der Waals surface area contributed by atoms with E-state index in [-0.39, 0.29) is 24.3 Å². The molecule has 0 unspecified atom stereocenters. The monoisotopic (exact) mass is 449 g/mol. The Hall–Kier alpha value is -2.44. The number of hydrogen-bond donors (Lipinski definition) is 1. The molecule has 2 aromatic rings. The lowest BCUT2D eigenvalue weighted by Gasteiger charge is -2.38. The van der Waals surface area contributed by atoms with Crippen LogP contribution in [0.5, 0.6) is 5.75 Å². The lowest BCUT2D eigenvalue weighted by molar-refractivity contribution is -0.134. The van der Waals surface area contributed by atoms with Gasteiger partial charge in [-0.05, 0) is 36.4 Å². The molecule has 8 heteroatoms. The fourth-order valence-corrected chi connectivity index (χ4v) is 3.74. The van der Waals surface area contributed by atoms with Gasteiger partial charge >= 0.3 is 0 Å². The van der Waals surface area contributed by atoms with Gasteiger partial charge in [-0.3, -0.25) is 9.59 Å². The molecule has 1 heterocycles. The third-order valence-corrected chi connectivity index (χ3v) is 5.40. The SMILES string of the molecule is CC(C)C(=O)N1CCN(c2c(Cl)cccc2NC(=O)COc2ccc(Cl)cc2)CC1. The number of amides is 2. The van der Waals surface area contributed by atoms with Crippen LogP contribution in [0.15, 0.2) is 42.5 Å². The van der Waals surface area contributed by atoms with Crippen LogP contribution in [0.25, 0.3) is 0 Å². The molecule has 1 aliphatic heterocycles. The maximum absolute atomic E-state index is 12.4. The van der Waals surface area contributed by atoms with Gasteiger partial charge in [-0.15, -0.1) is 0 Å². The molecule has 2 aromatic carbocycles. The fourth-order valence-electron chi connectivity index (χ4n) is 3.32. The molecule has 0 aromatic heterocycles. The lowest BCUT2D eigenvalue weighted by Crippen LogP contribution is -2.50. The Morgan fingerprint density at radius 1 is 1.03 bits per heavy atom. The Morgan fingerprint density at radius 3 is 2.33 bits per heavy atom. The van der Waals surface area contributed by atoms with E-state index in [2.05, 4.69) is 10.2 Å². The minimum Gasteiger partial charge on any atom is -0.484 e. The Balaban J connectivity index is 1.64. The third-order valence-electron chi connectivity index (χ3n) is 4.85. The number of carbonyl (C=O) groups is 2. The van der Waals surface area contributed by atoms with E-state index >= 15 is 0 Å². The van der Waals surface area contributed by atoms with E-state index in [0.717, 1.165) is 5.69 Å². The summed E-state index contributed by atoms with van der Waals surface area (Å²) in [4.78, 5) is 28.6.